The van der Waals surface area contributed by atoms with Crippen LogP contribution in [0.1, 0.15) is 38.8 Å². The van der Waals surface area contributed by atoms with Gasteiger partial charge in [-0.2, -0.15) is 5.26 Å². The van der Waals surface area contributed by atoms with Gasteiger partial charge in [0.2, 0.25) is 5.91 Å². The molecule has 3 heteroatoms. The van der Waals surface area contributed by atoms with Gasteiger partial charge in [-0.05, 0) is 42.9 Å². The highest BCUT2D eigenvalue weighted by atomic mass is 16.2. The van der Waals surface area contributed by atoms with Crippen molar-refractivity contribution >= 4 is 5.91 Å². The van der Waals surface area contributed by atoms with Gasteiger partial charge in [0.15, 0.2) is 0 Å². The van der Waals surface area contributed by atoms with Crippen LogP contribution >= 0.6 is 0 Å². The second-order valence-electron chi connectivity index (χ2n) is 6.60. The zero-order valence-corrected chi connectivity index (χ0v) is 13.1. The zero-order chi connectivity index (χ0) is 15.6. The molecular weight excluding hydrogens is 260 g/mol. The van der Waals surface area contributed by atoms with Crippen LogP contribution in [0.15, 0.2) is 35.9 Å². The van der Waals surface area contributed by atoms with E-state index in [1.54, 1.807) is 6.07 Å². The van der Waals surface area contributed by atoms with Crippen molar-refractivity contribution in [2.75, 3.05) is 0 Å². The van der Waals surface area contributed by atoms with E-state index in [4.69, 9.17) is 5.26 Å². The lowest BCUT2D eigenvalue weighted by Gasteiger charge is -2.06. The van der Waals surface area contributed by atoms with Crippen molar-refractivity contribution in [1.82, 2.24) is 5.32 Å². The van der Waals surface area contributed by atoms with Crippen molar-refractivity contribution < 1.29 is 4.79 Å². The molecular formula is C18H22N2O. The molecule has 110 valence electrons. The number of rotatable bonds is 4. The van der Waals surface area contributed by atoms with Crippen molar-refractivity contribution in [2.24, 2.45) is 17.3 Å². The van der Waals surface area contributed by atoms with Gasteiger partial charge in [-0.15, -0.1) is 0 Å². The van der Waals surface area contributed by atoms with Crippen LogP contribution in [-0.2, 0) is 11.3 Å². The number of nitrogens with zero attached hydrogens (tertiary/aromatic N) is 1. The Bertz CT molecular complexity index is 618. The van der Waals surface area contributed by atoms with E-state index in [0.717, 1.165) is 5.56 Å². The van der Waals surface area contributed by atoms with Crippen LogP contribution in [0.5, 0.6) is 0 Å². The van der Waals surface area contributed by atoms with E-state index in [9.17, 15) is 4.79 Å². The number of amides is 1. The summed E-state index contributed by atoms with van der Waals surface area (Å²) in [6, 6.07) is 9.45. The van der Waals surface area contributed by atoms with Crippen LogP contribution in [0.2, 0.25) is 0 Å². The second-order valence-corrected chi connectivity index (χ2v) is 6.60. The molecule has 2 rings (SSSR count). The first kappa shape index (κ1) is 15.3. The summed E-state index contributed by atoms with van der Waals surface area (Å²) >= 11 is 0. The van der Waals surface area contributed by atoms with Crippen LogP contribution in [0.3, 0.4) is 0 Å². The molecule has 0 aliphatic heterocycles. The Kier molecular flexibility index (Phi) is 4.18. The van der Waals surface area contributed by atoms with Crippen molar-refractivity contribution in [3.63, 3.8) is 0 Å². The van der Waals surface area contributed by atoms with Crippen molar-refractivity contribution in [1.29, 1.82) is 5.26 Å². The Hall–Kier alpha value is -2.08. The van der Waals surface area contributed by atoms with Gasteiger partial charge in [0, 0.05) is 6.54 Å². The molecule has 0 radical (unpaired) electrons. The molecule has 1 saturated carbocycles. The summed E-state index contributed by atoms with van der Waals surface area (Å²) in [6.45, 7) is 8.88. The highest BCUT2D eigenvalue weighted by molar-refractivity contribution is 5.83. The Labute approximate surface area is 126 Å². The average molecular weight is 282 g/mol. The molecule has 1 aromatic carbocycles. The predicted molar refractivity (Wildman–Crippen MR) is 83.2 cm³/mol. The second kappa shape index (κ2) is 5.73. The third kappa shape index (κ3) is 3.33. The molecule has 21 heavy (non-hydrogen) atoms. The summed E-state index contributed by atoms with van der Waals surface area (Å²) in [7, 11) is 0. The lowest BCUT2D eigenvalue weighted by atomic mass is 10.1. The number of carbonyl (C=O) groups excluding carboxylic acids is 1. The average Bonchev–Trinajstić information content (AvgIpc) is 2.96. The molecule has 2 atom stereocenters. The summed E-state index contributed by atoms with van der Waals surface area (Å²) in [6.07, 6.45) is 2.19. The smallest absolute Gasteiger partial charge is 0.224 e. The number of benzene rings is 1. The third-order valence-electron chi connectivity index (χ3n) is 4.23. The van der Waals surface area contributed by atoms with E-state index in [1.165, 1.54) is 5.57 Å². The number of nitrogens with one attached hydrogen (secondary N) is 1. The lowest BCUT2D eigenvalue weighted by Crippen LogP contribution is -2.26. The molecule has 1 aromatic rings. The molecule has 0 bridgehead atoms. The number of carbonyl (C=O) groups is 1. The molecule has 0 aromatic heterocycles. The Balaban J connectivity index is 1.97. The largest absolute Gasteiger partial charge is 0.352 e. The number of hydrogen-bond acceptors (Lipinski definition) is 2. The quantitative estimate of drug-likeness (QED) is 0.860. The molecule has 0 spiro atoms. The highest BCUT2D eigenvalue weighted by Crippen LogP contribution is 2.59. The Morgan fingerprint density at radius 2 is 2.14 bits per heavy atom. The minimum absolute atomic E-state index is 0.0376. The van der Waals surface area contributed by atoms with Crippen LogP contribution in [-0.4, -0.2) is 5.91 Å². The van der Waals surface area contributed by atoms with Gasteiger partial charge < -0.3 is 5.32 Å². The van der Waals surface area contributed by atoms with Crippen molar-refractivity contribution in [3.8, 4) is 6.07 Å². The maximum absolute atomic E-state index is 12.3. The van der Waals surface area contributed by atoms with Crippen molar-refractivity contribution in [3.05, 3.63) is 47.0 Å². The van der Waals surface area contributed by atoms with E-state index in [1.807, 2.05) is 18.2 Å². The van der Waals surface area contributed by atoms with Crippen LogP contribution in [0.25, 0.3) is 0 Å². The molecule has 1 fully saturated rings. The van der Waals surface area contributed by atoms with Crippen LogP contribution in [0, 0.1) is 28.6 Å². The summed E-state index contributed by atoms with van der Waals surface area (Å²) in [4.78, 5) is 12.3. The third-order valence-corrected chi connectivity index (χ3v) is 4.23. The Morgan fingerprint density at radius 3 is 2.76 bits per heavy atom. The highest BCUT2D eigenvalue weighted by Gasteiger charge is 2.60. The van der Waals surface area contributed by atoms with Gasteiger partial charge in [-0.3, -0.25) is 4.79 Å². The summed E-state index contributed by atoms with van der Waals surface area (Å²) in [5.41, 5.74) is 2.87. The molecule has 3 nitrogen and oxygen atoms in total. The molecule has 0 heterocycles. The van der Waals surface area contributed by atoms with Crippen LogP contribution < -0.4 is 5.32 Å². The summed E-state index contributed by atoms with van der Waals surface area (Å²) < 4.78 is 0. The first-order valence-corrected chi connectivity index (χ1v) is 7.28. The lowest BCUT2D eigenvalue weighted by molar-refractivity contribution is -0.123. The number of hydrogen-bond donors (Lipinski definition) is 1. The first-order valence-electron chi connectivity index (χ1n) is 7.28. The maximum atomic E-state index is 12.3. The van der Waals surface area contributed by atoms with E-state index in [-0.39, 0.29) is 17.2 Å². The normalized spacial score (nSPS) is 22.0. The van der Waals surface area contributed by atoms with Crippen LogP contribution in [0.4, 0.5) is 0 Å². The number of allylic oxidation sites excluding steroid dienone is 2. The summed E-state index contributed by atoms with van der Waals surface area (Å²) in [5.74, 6) is 0.476. The minimum atomic E-state index is 0.0376. The molecule has 1 aliphatic carbocycles. The van der Waals surface area contributed by atoms with Gasteiger partial charge >= 0.3 is 0 Å². The molecule has 0 saturated heterocycles. The van der Waals surface area contributed by atoms with E-state index >= 15 is 0 Å². The van der Waals surface area contributed by atoms with Crippen molar-refractivity contribution in [2.45, 2.75) is 34.2 Å². The zero-order valence-electron chi connectivity index (χ0n) is 13.1. The predicted octanol–water partition coefficient (Wildman–Crippen LogP) is 3.41. The SMILES string of the molecule is CC(C)=CC1C(C(=O)NCc2cccc(C#N)c2)C1(C)C. The molecule has 1 amide bonds. The van der Waals surface area contributed by atoms with E-state index in [0.29, 0.717) is 18.0 Å². The molecule has 1 N–H and O–H groups in total. The minimum Gasteiger partial charge on any atom is -0.352 e. The summed E-state index contributed by atoms with van der Waals surface area (Å²) in [5, 5.41) is 11.9. The Morgan fingerprint density at radius 1 is 1.43 bits per heavy atom. The van der Waals surface area contributed by atoms with Gasteiger partial charge in [-0.1, -0.05) is 37.6 Å². The standard InChI is InChI=1S/C18H22N2O/c1-12(2)8-15-16(18(15,3)4)17(21)20-11-14-7-5-6-13(9-14)10-19/h5-9,15-16H,11H2,1-4H3,(H,20,21). The fourth-order valence-electron chi connectivity index (χ4n) is 2.90. The van der Waals surface area contributed by atoms with E-state index < -0.39 is 0 Å². The van der Waals surface area contributed by atoms with Gasteiger partial charge in [-0.25, -0.2) is 0 Å². The maximum Gasteiger partial charge on any atom is 0.224 e. The fraction of sp³-hybridized carbons (Fsp3) is 0.444. The number of nitriles is 1. The first-order chi connectivity index (χ1) is 9.86. The van der Waals surface area contributed by atoms with Gasteiger partial charge in [0.05, 0.1) is 17.6 Å². The molecule has 1 aliphatic rings. The monoisotopic (exact) mass is 282 g/mol. The topological polar surface area (TPSA) is 52.9 Å². The van der Waals surface area contributed by atoms with Gasteiger partial charge in [0.25, 0.3) is 0 Å². The molecule has 2 unspecified atom stereocenters. The van der Waals surface area contributed by atoms with Gasteiger partial charge in [0.1, 0.15) is 0 Å². The fourth-order valence-corrected chi connectivity index (χ4v) is 2.90. The van der Waals surface area contributed by atoms with E-state index in [2.05, 4.69) is 45.2 Å².